The van der Waals surface area contributed by atoms with E-state index < -0.39 is 32.7 Å². The lowest BCUT2D eigenvalue weighted by molar-refractivity contribution is -0.138. The predicted molar refractivity (Wildman–Crippen MR) is 142 cm³/mol. The summed E-state index contributed by atoms with van der Waals surface area (Å²) >= 11 is 0. The highest BCUT2D eigenvalue weighted by atomic mass is 31.1. The molecule has 0 bridgehead atoms. The van der Waals surface area contributed by atoms with Crippen molar-refractivity contribution in [2.45, 2.75) is 52.1 Å². The third-order valence-electron chi connectivity index (χ3n) is 5.68. The second kappa shape index (κ2) is 12.7. The largest absolute Gasteiger partial charge is 0.508 e. The molecule has 1 heterocycles. The molecule has 2 N–H and O–H groups in total. The van der Waals surface area contributed by atoms with Crippen molar-refractivity contribution in [3.05, 3.63) is 77.2 Å². The van der Waals surface area contributed by atoms with E-state index in [1.807, 2.05) is 44.2 Å². The number of carbonyl (C=O) groups excluding carboxylic acids is 1. The summed E-state index contributed by atoms with van der Waals surface area (Å²) in [6.07, 6.45) is 0.258. The van der Waals surface area contributed by atoms with Crippen LogP contribution in [-0.4, -0.2) is 33.2 Å². The van der Waals surface area contributed by atoms with Gasteiger partial charge in [0, 0.05) is 11.1 Å². The van der Waals surface area contributed by atoms with E-state index in [2.05, 4.69) is 25.9 Å². The molecule has 0 fully saturated rings. The molecule has 3 aromatic rings. The lowest BCUT2D eigenvalue weighted by atomic mass is 9.84. The van der Waals surface area contributed by atoms with Crippen molar-refractivity contribution in [3.63, 3.8) is 0 Å². The molecule has 192 valence electrons. The van der Waals surface area contributed by atoms with Gasteiger partial charge in [0.1, 0.15) is 18.0 Å². The fraction of sp³-hybridized carbons (Fsp3) is 0.310. The zero-order valence-corrected chi connectivity index (χ0v) is 22.1. The number of esters is 1. The van der Waals surface area contributed by atoms with Crippen LogP contribution in [-0.2, 0) is 14.1 Å². The van der Waals surface area contributed by atoms with E-state index in [0.717, 1.165) is 27.9 Å². The molecule has 37 heavy (non-hydrogen) atoms. The maximum Gasteiger partial charge on any atom is 0.508 e. The van der Waals surface area contributed by atoms with Gasteiger partial charge in [-0.2, -0.15) is 4.89 Å². The molecule has 0 amide bonds. The van der Waals surface area contributed by atoms with Crippen LogP contribution < -0.4 is 0 Å². The van der Waals surface area contributed by atoms with Crippen molar-refractivity contribution in [1.82, 2.24) is 4.98 Å². The van der Waals surface area contributed by atoms with Crippen molar-refractivity contribution >= 4 is 14.0 Å². The van der Waals surface area contributed by atoms with Gasteiger partial charge in [-0.05, 0) is 45.6 Å². The molecule has 0 aliphatic carbocycles. The van der Waals surface area contributed by atoms with Crippen LogP contribution in [0, 0.1) is 17.8 Å². The normalized spacial score (nSPS) is 12.2. The molecule has 2 aromatic carbocycles. The highest BCUT2D eigenvalue weighted by molar-refractivity contribution is 7.38. The third kappa shape index (κ3) is 7.30. The SMILES string of the molecule is CC(C)c1nc(-c2ccccc2)c(C(C)C)c(-c2ccc(F)cc2)c1C#COC(=O)CC(O)C[P+](=O)O. The number of hydrogen-bond acceptors (Lipinski definition) is 5. The van der Waals surface area contributed by atoms with Crippen LogP contribution in [0.5, 0.6) is 0 Å². The third-order valence-corrected chi connectivity index (χ3v) is 6.41. The Bertz CT molecular complexity index is 1330. The number of rotatable bonds is 8. The van der Waals surface area contributed by atoms with Crippen LogP contribution in [0.4, 0.5) is 4.39 Å². The number of aliphatic hydroxyl groups is 1. The van der Waals surface area contributed by atoms with Crippen molar-refractivity contribution in [2.24, 2.45) is 0 Å². The van der Waals surface area contributed by atoms with Gasteiger partial charge in [0.15, 0.2) is 0 Å². The summed E-state index contributed by atoms with van der Waals surface area (Å²) in [6.45, 7) is 8.08. The molecule has 0 aliphatic rings. The Morgan fingerprint density at radius 3 is 2.24 bits per heavy atom. The summed E-state index contributed by atoms with van der Waals surface area (Å²) in [5, 5.41) is 9.74. The lowest BCUT2D eigenvalue weighted by Gasteiger charge is -2.23. The monoisotopic (exact) mass is 522 g/mol. The molecule has 1 aromatic heterocycles. The van der Waals surface area contributed by atoms with Crippen molar-refractivity contribution in [2.75, 3.05) is 6.16 Å². The fourth-order valence-corrected chi connectivity index (χ4v) is 4.56. The van der Waals surface area contributed by atoms with Crippen LogP contribution in [0.2, 0.25) is 0 Å². The number of halogens is 1. The van der Waals surface area contributed by atoms with E-state index in [1.165, 1.54) is 12.1 Å². The van der Waals surface area contributed by atoms with E-state index in [9.17, 15) is 18.9 Å². The molecule has 0 spiro atoms. The molecule has 0 aliphatic heterocycles. The Kier molecular flexibility index (Phi) is 9.66. The van der Waals surface area contributed by atoms with Crippen LogP contribution in [0.15, 0.2) is 54.6 Å². The number of nitrogens with zero attached hydrogens (tertiary/aromatic N) is 1. The van der Waals surface area contributed by atoms with E-state index >= 15 is 0 Å². The minimum absolute atomic E-state index is 0.0303. The lowest BCUT2D eigenvalue weighted by Crippen LogP contribution is -2.16. The van der Waals surface area contributed by atoms with Gasteiger partial charge in [0.05, 0.1) is 23.4 Å². The highest BCUT2D eigenvalue weighted by Crippen LogP contribution is 2.41. The van der Waals surface area contributed by atoms with Crippen LogP contribution in [0.3, 0.4) is 0 Å². The second-order valence-electron chi connectivity index (χ2n) is 9.29. The number of hydrogen-bond donors (Lipinski definition) is 2. The van der Waals surface area contributed by atoms with E-state index in [0.29, 0.717) is 11.3 Å². The van der Waals surface area contributed by atoms with Gasteiger partial charge in [-0.15, -0.1) is 0 Å². The number of aliphatic hydroxyl groups excluding tert-OH is 1. The smallest absolute Gasteiger partial charge is 0.388 e. The molecule has 8 heteroatoms. The average molecular weight is 523 g/mol. The summed E-state index contributed by atoms with van der Waals surface area (Å²) in [5.41, 5.74) is 5.49. The quantitative estimate of drug-likeness (QED) is 0.210. The Labute approximate surface area is 217 Å². The first kappa shape index (κ1) is 28.1. The molecule has 3 rings (SSSR count). The fourth-order valence-electron chi connectivity index (χ4n) is 4.07. The van der Waals surface area contributed by atoms with E-state index in [1.54, 1.807) is 12.1 Å². The van der Waals surface area contributed by atoms with Gasteiger partial charge in [0.2, 0.25) is 6.16 Å². The number of ether oxygens (including phenoxy) is 1. The van der Waals surface area contributed by atoms with Crippen LogP contribution in [0.25, 0.3) is 22.4 Å². The zero-order chi connectivity index (χ0) is 27.1. The average Bonchev–Trinajstić information content (AvgIpc) is 2.83. The summed E-state index contributed by atoms with van der Waals surface area (Å²) in [6, 6.07) is 16.0. The van der Waals surface area contributed by atoms with Gasteiger partial charge in [-0.25, -0.2) is 4.39 Å². The summed E-state index contributed by atoms with van der Waals surface area (Å²) in [7, 11) is -2.57. The summed E-state index contributed by atoms with van der Waals surface area (Å²) in [4.78, 5) is 26.1. The number of benzene rings is 2. The first-order valence-corrected chi connectivity index (χ1v) is 13.4. The standard InChI is InChI=1S/C29H29FNO5P/c1-18(2)26-27(20-10-12-22(30)13-11-20)24(14-15-36-25(33)16-23(32)17-37(34)35)28(19(3)4)31-29(26)21-8-6-5-7-9-21/h5-13,18-19,23,32H,16-17H2,1-4H3/p+1. The maximum atomic E-state index is 13.8. The Morgan fingerprint density at radius 2 is 1.68 bits per heavy atom. The van der Waals surface area contributed by atoms with Gasteiger partial charge < -0.3 is 9.84 Å². The highest BCUT2D eigenvalue weighted by Gasteiger charge is 2.25. The Hall–Kier alpha value is -3.43. The molecule has 0 saturated heterocycles. The molecule has 6 nitrogen and oxygen atoms in total. The number of aromatic nitrogens is 1. The maximum absolute atomic E-state index is 13.8. The zero-order valence-electron chi connectivity index (χ0n) is 21.2. The molecule has 0 radical (unpaired) electrons. The molecular weight excluding hydrogens is 492 g/mol. The summed E-state index contributed by atoms with van der Waals surface area (Å²) < 4.78 is 29.7. The molecular formula is C29H30FNO5P+. The minimum Gasteiger partial charge on any atom is -0.388 e. The van der Waals surface area contributed by atoms with Gasteiger partial charge in [0.25, 0.3) is 0 Å². The Balaban J connectivity index is 2.20. The van der Waals surface area contributed by atoms with Crippen LogP contribution in [0.1, 0.15) is 62.8 Å². The van der Waals surface area contributed by atoms with Gasteiger partial charge >= 0.3 is 14.0 Å². The Morgan fingerprint density at radius 1 is 1.03 bits per heavy atom. The van der Waals surface area contributed by atoms with Crippen LogP contribution >= 0.6 is 8.03 Å². The first-order chi connectivity index (χ1) is 17.6. The van der Waals surface area contributed by atoms with E-state index in [-0.39, 0.29) is 17.7 Å². The van der Waals surface area contributed by atoms with Gasteiger partial charge in [-0.3, -0.25) is 9.78 Å². The number of carbonyl (C=O) groups is 1. The topological polar surface area (TPSA) is 96.7 Å². The molecule has 0 saturated carbocycles. The van der Waals surface area contributed by atoms with E-state index in [4.69, 9.17) is 14.6 Å². The summed E-state index contributed by atoms with van der Waals surface area (Å²) in [5.74, 6) is 1.78. The van der Waals surface area contributed by atoms with Crippen molar-refractivity contribution < 1.29 is 28.5 Å². The molecule has 2 atom stereocenters. The number of pyridine rings is 1. The van der Waals surface area contributed by atoms with Crippen molar-refractivity contribution in [1.29, 1.82) is 0 Å². The second-order valence-corrected chi connectivity index (χ2v) is 10.4. The minimum atomic E-state index is -2.57. The van der Waals surface area contributed by atoms with Crippen molar-refractivity contribution in [3.8, 4) is 34.4 Å². The first-order valence-electron chi connectivity index (χ1n) is 12.0. The van der Waals surface area contributed by atoms with Gasteiger partial charge in [-0.1, -0.05) is 70.2 Å². The molecule has 2 unspecified atom stereocenters. The predicted octanol–water partition coefficient (Wildman–Crippen LogP) is 6.14.